The van der Waals surface area contributed by atoms with Crippen molar-refractivity contribution in [3.63, 3.8) is 0 Å². The average Bonchev–Trinajstić information content (AvgIpc) is 3.24. The van der Waals surface area contributed by atoms with Crippen LogP contribution in [-0.4, -0.2) is 38.5 Å². The molecule has 0 aliphatic carbocycles. The summed E-state index contributed by atoms with van der Waals surface area (Å²) in [7, 11) is 0. The highest BCUT2D eigenvalue weighted by atomic mass is 35.5. The summed E-state index contributed by atoms with van der Waals surface area (Å²) in [6.07, 6.45) is 3.77. The summed E-state index contributed by atoms with van der Waals surface area (Å²) in [6, 6.07) is 18.0. The maximum atomic E-state index is 12.9. The van der Waals surface area contributed by atoms with Crippen LogP contribution in [0, 0.1) is 13.8 Å². The van der Waals surface area contributed by atoms with Gasteiger partial charge in [-0.3, -0.25) is 4.79 Å². The number of rotatable bonds is 3. The van der Waals surface area contributed by atoms with Crippen molar-refractivity contribution in [2.45, 2.75) is 32.6 Å². The van der Waals surface area contributed by atoms with Gasteiger partial charge in [0.25, 0.3) is 5.91 Å². The van der Waals surface area contributed by atoms with Gasteiger partial charge in [0.05, 0.1) is 0 Å². The number of pyridine rings is 1. The fraction of sp³-hybridized carbons (Fsp3) is 0.269. The Kier molecular flexibility index (Phi) is 5.43. The van der Waals surface area contributed by atoms with Gasteiger partial charge in [-0.05, 0) is 68.1 Å². The number of nitrogens with zero attached hydrogens (tertiary/aromatic N) is 4. The van der Waals surface area contributed by atoms with Gasteiger partial charge < -0.3 is 4.90 Å². The van der Waals surface area contributed by atoms with E-state index in [1.54, 1.807) is 12.1 Å². The van der Waals surface area contributed by atoms with Crippen molar-refractivity contribution >= 4 is 23.2 Å². The first kappa shape index (κ1) is 20.7. The summed E-state index contributed by atoms with van der Waals surface area (Å²) in [5.74, 6) is 1.18. The number of fused-ring (bicyclic) bond motifs is 1. The molecule has 1 aliphatic rings. The summed E-state index contributed by atoms with van der Waals surface area (Å²) < 4.78 is 1.88. The van der Waals surface area contributed by atoms with Crippen molar-refractivity contribution in [2.75, 3.05) is 13.1 Å². The predicted octanol–water partition coefficient (Wildman–Crippen LogP) is 5.69. The normalized spacial score (nSPS) is 14.8. The Morgan fingerprint density at radius 2 is 1.81 bits per heavy atom. The Labute approximate surface area is 192 Å². The molecule has 6 heteroatoms. The molecule has 2 aromatic carbocycles. The standard InChI is InChI=1S/C26H25ClN4O/c1-17-4-3-5-20(14-17)22-7-9-24-28-25(29-31(24)16-22)19-10-12-30(13-11-19)26(32)21-6-8-23(27)18(2)15-21/h3-9,14-16,19H,10-13H2,1-2H3. The molecule has 4 aromatic rings. The second kappa shape index (κ2) is 8.40. The third kappa shape index (κ3) is 4.00. The van der Waals surface area contributed by atoms with Crippen LogP contribution < -0.4 is 0 Å². The molecule has 0 saturated carbocycles. The van der Waals surface area contributed by atoms with Gasteiger partial charge in [0.2, 0.25) is 0 Å². The Balaban J connectivity index is 1.30. The second-order valence-electron chi connectivity index (χ2n) is 8.59. The number of carbonyl (C=O) groups excluding carboxylic acids is 1. The summed E-state index contributed by atoms with van der Waals surface area (Å²) in [5.41, 5.74) is 6.00. The van der Waals surface area contributed by atoms with Gasteiger partial charge in [-0.1, -0.05) is 41.4 Å². The Morgan fingerprint density at radius 1 is 1.00 bits per heavy atom. The number of likely N-dealkylation sites (tertiary alicyclic amines) is 1. The first-order chi connectivity index (χ1) is 15.5. The molecule has 0 N–H and O–H groups in total. The van der Waals surface area contributed by atoms with Crippen molar-refractivity contribution in [3.05, 3.63) is 88.3 Å². The van der Waals surface area contributed by atoms with E-state index in [-0.39, 0.29) is 11.8 Å². The molecule has 5 rings (SSSR count). The van der Waals surface area contributed by atoms with Crippen LogP contribution in [0.15, 0.2) is 60.8 Å². The fourth-order valence-electron chi connectivity index (χ4n) is 4.37. The molecule has 0 atom stereocenters. The monoisotopic (exact) mass is 444 g/mol. The van der Waals surface area contributed by atoms with Crippen molar-refractivity contribution in [1.29, 1.82) is 0 Å². The zero-order valence-corrected chi connectivity index (χ0v) is 19.0. The summed E-state index contributed by atoms with van der Waals surface area (Å²) >= 11 is 6.10. The van der Waals surface area contributed by atoms with Gasteiger partial charge in [-0.15, -0.1) is 0 Å². The Morgan fingerprint density at radius 3 is 2.56 bits per heavy atom. The van der Waals surface area contributed by atoms with Crippen LogP contribution in [0.2, 0.25) is 5.02 Å². The first-order valence-electron chi connectivity index (χ1n) is 11.0. The minimum absolute atomic E-state index is 0.0639. The fourth-order valence-corrected chi connectivity index (χ4v) is 4.49. The van der Waals surface area contributed by atoms with Gasteiger partial charge in [-0.2, -0.15) is 5.10 Å². The zero-order valence-electron chi connectivity index (χ0n) is 18.3. The lowest BCUT2D eigenvalue weighted by atomic mass is 9.95. The first-order valence-corrected chi connectivity index (χ1v) is 11.3. The van der Waals surface area contributed by atoms with Gasteiger partial charge in [0, 0.05) is 41.4 Å². The minimum Gasteiger partial charge on any atom is -0.339 e. The van der Waals surface area contributed by atoms with Crippen LogP contribution >= 0.6 is 11.6 Å². The highest BCUT2D eigenvalue weighted by Gasteiger charge is 2.27. The molecular formula is C26H25ClN4O. The molecule has 162 valence electrons. The van der Waals surface area contributed by atoms with E-state index in [9.17, 15) is 4.79 Å². The average molecular weight is 445 g/mol. The lowest BCUT2D eigenvalue weighted by Gasteiger charge is -2.31. The number of aryl methyl sites for hydroxylation is 2. The van der Waals surface area contributed by atoms with E-state index in [1.807, 2.05) is 34.7 Å². The van der Waals surface area contributed by atoms with Gasteiger partial charge in [-0.25, -0.2) is 9.50 Å². The largest absolute Gasteiger partial charge is 0.339 e. The van der Waals surface area contributed by atoms with Crippen molar-refractivity contribution in [1.82, 2.24) is 19.5 Å². The molecule has 32 heavy (non-hydrogen) atoms. The molecule has 3 heterocycles. The number of piperidine rings is 1. The summed E-state index contributed by atoms with van der Waals surface area (Å²) in [5, 5.41) is 5.47. The smallest absolute Gasteiger partial charge is 0.253 e. The van der Waals surface area contributed by atoms with Crippen LogP contribution in [0.3, 0.4) is 0 Å². The molecule has 2 aromatic heterocycles. The van der Waals surface area contributed by atoms with E-state index in [1.165, 1.54) is 11.1 Å². The van der Waals surface area contributed by atoms with E-state index in [2.05, 4.69) is 37.3 Å². The van der Waals surface area contributed by atoms with Gasteiger partial charge in [0.15, 0.2) is 11.5 Å². The minimum atomic E-state index is 0.0639. The molecule has 1 saturated heterocycles. The molecule has 5 nitrogen and oxygen atoms in total. The number of benzene rings is 2. The number of hydrogen-bond acceptors (Lipinski definition) is 3. The lowest BCUT2D eigenvalue weighted by molar-refractivity contribution is 0.0711. The van der Waals surface area contributed by atoms with E-state index in [4.69, 9.17) is 21.7 Å². The molecule has 0 unspecified atom stereocenters. The summed E-state index contributed by atoms with van der Waals surface area (Å²) in [6.45, 7) is 5.43. The van der Waals surface area contributed by atoms with E-state index in [0.29, 0.717) is 23.7 Å². The third-order valence-corrected chi connectivity index (χ3v) is 6.68. The van der Waals surface area contributed by atoms with Crippen molar-refractivity contribution in [3.8, 4) is 11.1 Å². The van der Waals surface area contributed by atoms with E-state index in [0.717, 1.165) is 35.4 Å². The van der Waals surface area contributed by atoms with Crippen LogP contribution in [-0.2, 0) is 0 Å². The highest BCUT2D eigenvalue weighted by Crippen LogP contribution is 2.28. The quantitative estimate of drug-likeness (QED) is 0.408. The Hall–Kier alpha value is -3.18. The third-order valence-electron chi connectivity index (χ3n) is 6.25. The van der Waals surface area contributed by atoms with Crippen LogP contribution in [0.4, 0.5) is 0 Å². The van der Waals surface area contributed by atoms with Crippen LogP contribution in [0.25, 0.3) is 16.8 Å². The molecule has 1 aliphatic heterocycles. The zero-order chi connectivity index (χ0) is 22.2. The second-order valence-corrected chi connectivity index (χ2v) is 9.00. The maximum absolute atomic E-state index is 12.9. The molecular weight excluding hydrogens is 420 g/mol. The highest BCUT2D eigenvalue weighted by molar-refractivity contribution is 6.31. The maximum Gasteiger partial charge on any atom is 0.253 e. The van der Waals surface area contributed by atoms with E-state index >= 15 is 0 Å². The van der Waals surface area contributed by atoms with Gasteiger partial charge >= 0.3 is 0 Å². The van der Waals surface area contributed by atoms with Gasteiger partial charge in [0.1, 0.15) is 0 Å². The molecule has 1 fully saturated rings. The molecule has 0 radical (unpaired) electrons. The van der Waals surface area contributed by atoms with E-state index < -0.39 is 0 Å². The predicted molar refractivity (Wildman–Crippen MR) is 127 cm³/mol. The number of aromatic nitrogens is 3. The number of amides is 1. The Bertz CT molecular complexity index is 1300. The molecule has 0 spiro atoms. The summed E-state index contributed by atoms with van der Waals surface area (Å²) in [4.78, 5) is 19.6. The number of halogens is 1. The SMILES string of the molecule is Cc1cccc(-c2ccc3nc(C4CCN(C(=O)c5ccc(Cl)c(C)c5)CC4)nn3c2)c1. The molecule has 0 bridgehead atoms. The van der Waals surface area contributed by atoms with Crippen molar-refractivity contribution in [2.24, 2.45) is 0 Å². The lowest BCUT2D eigenvalue weighted by Crippen LogP contribution is -2.38. The molecule has 1 amide bonds. The van der Waals surface area contributed by atoms with Crippen LogP contribution in [0.5, 0.6) is 0 Å². The topological polar surface area (TPSA) is 50.5 Å². The van der Waals surface area contributed by atoms with Crippen molar-refractivity contribution < 1.29 is 4.79 Å². The van der Waals surface area contributed by atoms with Crippen LogP contribution in [0.1, 0.15) is 46.1 Å². The number of carbonyl (C=O) groups is 1. The number of hydrogen-bond donors (Lipinski definition) is 0.